The molecule has 0 aliphatic carbocycles. The lowest BCUT2D eigenvalue weighted by Gasteiger charge is -2.43. The number of likely N-dealkylation sites (tertiary alicyclic amines) is 1. The summed E-state index contributed by atoms with van der Waals surface area (Å²) in [5.74, 6) is -0.0991. The van der Waals surface area contributed by atoms with E-state index >= 15 is 0 Å². The highest BCUT2D eigenvalue weighted by molar-refractivity contribution is 5.82. The number of nitrogens with zero attached hydrogens (tertiary/aromatic N) is 2. The highest BCUT2D eigenvalue weighted by atomic mass is 19.1. The Labute approximate surface area is 128 Å². The number of benzene rings is 1. The Hall–Kier alpha value is -2.17. The largest absolute Gasteiger partial charge is 0.465 e. The Kier molecular flexibility index (Phi) is 3.51. The van der Waals surface area contributed by atoms with Crippen molar-refractivity contribution in [3.63, 3.8) is 0 Å². The fraction of sp³-hybridized carbons (Fsp3) is 0.412. The van der Waals surface area contributed by atoms with E-state index < -0.39 is 6.09 Å². The molecule has 0 spiro atoms. The average molecular weight is 302 g/mol. The van der Waals surface area contributed by atoms with E-state index in [2.05, 4.69) is 18.8 Å². The summed E-state index contributed by atoms with van der Waals surface area (Å²) in [7, 11) is 0. The van der Waals surface area contributed by atoms with Gasteiger partial charge in [0.15, 0.2) is 0 Å². The normalized spacial score (nSPS) is 21.0. The molecule has 0 radical (unpaired) electrons. The molecule has 1 aliphatic heterocycles. The molecule has 4 nitrogen and oxygen atoms in total. The summed E-state index contributed by atoms with van der Waals surface area (Å²) in [6.07, 6.45) is 1.60. The Morgan fingerprint density at radius 1 is 1.41 bits per heavy atom. The first-order chi connectivity index (χ1) is 10.4. The van der Waals surface area contributed by atoms with Crippen molar-refractivity contribution in [2.45, 2.75) is 26.2 Å². The molecule has 22 heavy (non-hydrogen) atoms. The van der Waals surface area contributed by atoms with Crippen LogP contribution in [-0.2, 0) is 0 Å². The quantitative estimate of drug-likeness (QED) is 0.870. The zero-order valence-corrected chi connectivity index (χ0v) is 12.7. The molecule has 1 atom stereocenters. The third kappa shape index (κ3) is 2.51. The molecule has 1 saturated heterocycles. The SMILES string of the molecule is CC1(C)CN(C(=O)O)CCC1c1ccnc2ccc(F)cc12. The lowest BCUT2D eigenvalue weighted by atomic mass is 9.70. The van der Waals surface area contributed by atoms with Crippen molar-refractivity contribution in [1.29, 1.82) is 0 Å². The summed E-state index contributed by atoms with van der Waals surface area (Å²) in [6, 6.07) is 6.56. The van der Waals surface area contributed by atoms with Crippen molar-refractivity contribution in [2.24, 2.45) is 5.41 Å². The van der Waals surface area contributed by atoms with Gasteiger partial charge in [0.1, 0.15) is 5.82 Å². The molecule has 1 aliphatic rings. The Balaban J connectivity index is 2.04. The van der Waals surface area contributed by atoms with Gasteiger partial charge in [0.25, 0.3) is 0 Å². The van der Waals surface area contributed by atoms with Crippen LogP contribution in [-0.4, -0.2) is 34.2 Å². The monoisotopic (exact) mass is 302 g/mol. The van der Waals surface area contributed by atoms with Crippen molar-refractivity contribution in [3.05, 3.63) is 41.8 Å². The molecule has 1 aromatic heterocycles. The van der Waals surface area contributed by atoms with Gasteiger partial charge in [0, 0.05) is 24.7 Å². The fourth-order valence-electron chi connectivity index (χ4n) is 3.54. The molecule has 0 saturated carbocycles. The smallest absolute Gasteiger partial charge is 0.407 e. The maximum absolute atomic E-state index is 13.6. The standard InChI is InChI=1S/C17H19FN2O2/c1-17(2)10-20(16(21)22)8-6-14(17)12-5-7-19-15-4-3-11(18)9-13(12)15/h3-5,7,9,14H,6,8,10H2,1-2H3,(H,21,22). The molecule has 2 heterocycles. The van der Waals surface area contributed by atoms with Crippen molar-refractivity contribution < 1.29 is 14.3 Å². The van der Waals surface area contributed by atoms with E-state index in [1.165, 1.54) is 17.0 Å². The third-order valence-electron chi connectivity index (χ3n) is 4.61. The lowest BCUT2D eigenvalue weighted by molar-refractivity contribution is 0.0807. The van der Waals surface area contributed by atoms with Crippen LogP contribution < -0.4 is 0 Å². The van der Waals surface area contributed by atoms with Crippen LogP contribution in [0.25, 0.3) is 10.9 Å². The van der Waals surface area contributed by atoms with Gasteiger partial charge < -0.3 is 10.0 Å². The van der Waals surface area contributed by atoms with Crippen LogP contribution in [0.2, 0.25) is 0 Å². The van der Waals surface area contributed by atoms with Crippen molar-refractivity contribution in [1.82, 2.24) is 9.88 Å². The highest BCUT2D eigenvalue weighted by Gasteiger charge is 2.39. The molecule has 1 aromatic carbocycles. The van der Waals surface area contributed by atoms with Crippen LogP contribution in [0.3, 0.4) is 0 Å². The molecule has 1 unspecified atom stereocenters. The van der Waals surface area contributed by atoms with E-state index in [1.54, 1.807) is 12.3 Å². The minimum atomic E-state index is -0.878. The van der Waals surface area contributed by atoms with Gasteiger partial charge >= 0.3 is 6.09 Å². The molecule has 5 heteroatoms. The van der Waals surface area contributed by atoms with Gasteiger partial charge in [-0.3, -0.25) is 4.98 Å². The maximum atomic E-state index is 13.6. The van der Waals surface area contributed by atoms with Crippen LogP contribution >= 0.6 is 0 Å². The number of hydrogen-bond acceptors (Lipinski definition) is 2. The molecule has 2 aromatic rings. The number of carboxylic acid groups (broad SMARTS) is 1. The minimum absolute atomic E-state index is 0.176. The van der Waals surface area contributed by atoms with Crippen molar-refractivity contribution in [3.8, 4) is 0 Å². The molecule has 1 N–H and O–H groups in total. The zero-order chi connectivity index (χ0) is 15.9. The second-order valence-electron chi connectivity index (χ2n) is 6.60. The van der Waals surface area contributed by atoms with Gasteiger partial charge in [-0.2, -0.15) is 0 Å². The zero-order valence-electron chi connectivity index (χ0n) is 12.7. The van der Waals surface area contributed by atoms with Crippen LogP contribution in [0.5, 0.6) is 0 Å². The Morgan fingerprint density at radius 2 is 2.18 bits per heavy atom. The third-order valence-corrected chi connectivity index (χ3v) is 4.61. The number of carbonyl (C=O) groups is 1. The summed E-state index contributed by atoms with van der Waals surface area (Å²) in [6.45, 7) is 5.12. The molecule has 0 bridgehead atoms. The van der Waals surface area contributed by atoms with Gasteiger partial charge in [0.2, 0.25) is 0 Å². The van der Waals surface area contributed by atoms with E-state index in [0.29, 0.717) is 13.1 Å². The van der Waals surface area contributed by atoms with E-state index in [0.717, 1.165) is 22.9 Å². The van der Waals surface area contributed by atoms with Crippen molar-refractivity contribution >= 4 is 17.0 Å². The summed E-state index contributed by atoms with van der Waals surface area (Å²) >= 11 is 0. The summed E-state index contributed by atoms with van der Waals surface area (Å²) in [5.41, 5.74) is 1.62. The van der Waals surface area contributed by atoms with E-state index in [-0.39, 0.29) is 17.2 Å². The first-order valence-electron chi connectivity index (χ1n) is 7.40. The van der Waals surface area contributed by atoms with Crippen LogP contribution in [0.1, 0.15) is 31.7 Å². The summed E-state index contributed by atoms with van der Waals surface area (Å²) in [4.78, 5) is 17.0. The topological polar surface area (TPSA) is 53.4 Å². The molecule has 116 valence electrons. The van der Waals surface area contributed by atoms with Crippen LogP contribution in [0.4, 0.5) is 9.18 Å². The van der Waals surface area contributed by atoms with Gasteiger partial charge in [-0.25, -0.2) is 9.18 Å². The van der Waals surface area contributed by atoms with E-state index in [1.807, 2.05) is 6.07 Å². The highest BCUT2D eigenvalue weighted by Crippen LogP contribution is 2.44. The van der Waals surface area contributed by atoms with Gasteiger partial charge in [-0.1, -0.05) is 13.8 Å². The number of piperidine rings is 1. The molecular formula is C17H19FN2O2. The Bertz CT molecular complexity index is 730. The number of halogens is 1. The predicted octanol–water partition coefficient (Wildman–Crippen LogP) is 3.87. The van der Waals surface area contributed by atoms with Gasteiger partial charge in [-0.05, 0) is 47.6 Å². The lowest BCUT2D eigenvalue weighted by Crippen LogP contribution is -2.46. The first-order valence-corrected chi connectivity index (χ1v) is 7.40. The Morgan fingerprint density at radius 3 is 2.86 bits per heavy atom. The second-order valence-corrected chi connectivity index (χ2v) is 6.60. The summed E-state index contributed by atoms with van der Waals surface area (Å²) < 4.78 is 13.6. The predicted molar refractivity (Wildman–Crippen MR) is 82.4 cm³/mol. The van der Waals surface area contributed by atoms with Gasteiger partial charge in [0.05, 0.1) is 5.52 Å². The van der Waals surface area contributed by atoms with Crippen LogP contribution in [0.15, 0.2) is 30.5 Å². The molecule has 3 rings (SSSR count). The first kappa shape index (κ1) is 14.8. The molecule has 1 fully saturated rings. The summed E-state index contributed by atoms with van der Waals surface area (Å²) in [5, 5.41) is 10.0. The number of hydrogen-bond donors (Lipinski definition) is 1. The molecule has 1 amide bonds. The fourth-order valence-corrected chi connectivity index (χ4v) is 3.54. The van der Waals surface area contributed by atoms with E-state index in [9.17, 15) is 14.3 Å². The van der Waals surface area contributed by atoms with Crippen LogP contribution in [0, 0.1) is 11.2 Å². The second kappa shape index (κ2) is 5.23. The number of amides is 1. The van der Waals surface area contributed by atoms with E-state index in [4.69, 9.17) is 0 Å². The maximum Gasteiger partial charge on any atom is 0.407 e. The number of rotatable bonds is 1. The van der Waals surface area contributed by atoms with Crippen molar-refractivity contribution in [2.75, 3.05) is 13.1 Å². The minimum Gasteiger partial charge on any atom is -0.465 e. The molecular weight excluding hydrogens is 283 g/mol. The van der Waals surface area contributed by atoms with Gasteiger partial charge in [-0.15, -0.1) is 0 Å². The number of aromatic nitrogens is 1. The number of fused-ring (bicyclic) bond motifs is 1. The number of pyridine rings is 1. The average Bonchev–Trinajstić information content (AvgIpc) is 2.46.